The molecule has 1 radical (unpaired) electrons. The van der Waals surface area contributed by atoms with Crippen LogP contribution in [-0.2, 0) is 0 Å². The zero-order chi connectivity index (χ0) is 4.83. The van der Waals surface area contributed by atoms with Gasteiger partial charge in [-0.15, -0.1) is 11.6 Å². The average Bonchev–Trinajstić information content (AvgIpc) is 1.61. The van der Waals surface area contributed by atoms with E-state index >= 15 is 0 Å². The summed E-state index contributed by atoms with van der Waals surface area (Å²) in [6.07, 6.45) is 3.71. The molecule has 0 unspecified atom stereocenters. The molecule has 0 spiro atoms. The summed E-state index contributed by atoms with van der Waals surface area (Å²) in [5.74, 6) is 1.25. The standard InChI is InChI=1S/C4H6ClS/c5-3-1-2-4-6/h1-2H,3-4H2/b2-1+. The Morgan fingerprint density at radius 1 is 1.50 bits per heavy atom. The average molecular weight is 122 g/mol. The van der Waals surface area contributed by atoms with Gasteiger partial charge in [-0.3, -0.25) is 0 Å². The van der Waals surface area contributed by atoms with Crippen LogP contribution in [0.2, 0.25) is 0 Å². The third-order valence-corrected chi connectivity index (χ3v) is 0.723. The molecule has 0 heterocycles. The van der Waals surface area contributed by atoms with E-state index in [0.29, 0.717) is 11.6 Å². The van der Waals surface area contributed by atoms with E-state index in [1.54, 1.807) is 0 Å². The third kappa shape index (κ3) is 4.38. The topological polar surface area (TPSA) is 0 Å². The summed E-state index contributed by atoms with van der Waals surface area (Å²) < 4.78 is 0. The maximum absolute atomic E-state index is 5.25. The molecule has 0 aromatic heterocycles. The molecular formula is C4H6ClS. The normalized spacial score (nSPS) is 10.3. The molecule has 0 bridgehead atoms. The Balaban J connectivity index is 2.73. The van der Waals surface area contributed by atoms with Gasteiger partial charge in [0.15, 0.2) is 0 Å². The summed E-state index contributed by atoms with van der Waals surface area (Å²) in [5, 5.41) is 0. The first kappa shape index (κ1) is 6.38. The van der Waals surface area contributed by atoms with Gasteiger partial charge < -0.3 is 0 Å². The van der Waals surface area contributed by atoms with Crippen LogP contribution in [0.5, 0.6) is 0 Å². The van der Waals surface area contributed by atoms with E-state index in [1.165, 1.54) is 0 Å². The zero-order valence-electron chi connectivity index (χ0n) is 3.36. The molecular weight excluding hydrogens is 116 g/mol. The van der Waals surface area contributed by atoms with Crippen LogP contribution in [-0.4, -0.2) is 11.6 Å². The molecule has 0 saturated carbocycles. The maximum Gasteiger partial charge on any atom is 0.0404 e. The van der Waals surface area contributed by atoms with Crippen LogP contribution in [0.1, 0.15) is 0 Å². The molecule has 35 valence electrons. The molecule has 0 atom stereocenters. The number of halogens is 1. The molecule has 0 rings (SSSR count). The Morgan fingerprint density at radius 2 is 2.17 bits per heavy atom. The van der Waals surface area contributed by atoms with E-state index in [-0.39, 0.29) is 0 Å². The van der Waals surface area contributed by atoms with Gasteiger partial charge in [-0.25, -0.2) is 0 Å². The Morgan fingerprint density at radius 3 is 2.33 bits per heavy atom. The van der Waals surface area contributed by atoms with Crippen LogP contribution in [0, 0.1) is 0 Å². The minimum atomic E-state index is 0.580. The second-order valence-corrected chi connectivity index (χ2v) is 1.43. The Kier molecular flexibility index (Phi) is 5.72. The molecule has 0 amide bonds. The summed E-state index contributed by atoms with van der Waals surface area (Å²) in [6, 6.07) is 0. The Hall–Kier alpha value is 0.380. The lowest BCUT2D eigenvalue weighted by Gasteiger charge is -1.69. The minimum absolute atomic E-state index is 0.580. The first-order valence-electron chi connectivity index (χ1n) is 1.71. The highest BCUT2D eigenvalue weighted by molar-refractivity contribution is 7.80. The summed E-state index contributed by atoms with van der Waals surface area (Å²) >= 11 is 9.82. The monoisotopic (exact) mass is 121 g/mol. The molecule has 0 aromatic carbocycles. The van der Waals surface area contributed by atoms with Crippen molar-refractivity contribution >= 4 is 24.2 Å². The number of rotatable bonds is 2. The lowest BCUT2D eigenvalue weighted by molar-refractivity contribution is 1.67. The van der Waals surface area contributed by atoms with Crippen molar-refractivity contribution in [2.24, 2.45) is 0 Å². The predicted molar refractivity (Wildman–Crippen MR) is 32.3 cm³/mol. The van der Waals surface area contributed by atoms with Crippen LogP contribution >= 0.6 is 24.2 Å². The van der Waals surface area contributed by atoms with Crippen molar-refractivity contribution in [3.8, 4) is 0 Å². The maximum atomic E-state index is 5.25. The van der Waals surface area contributed by atoms with Crippen molar-refractivity contribution in [2.45, 2.75) is 0 Å². The molecule has 0 N–H and O–H groups in total. The lowest BCUT2D eigenvalue weighted by Crippen LogP contribution is -1.60. The molecule has 0 fully saturated rings. The highest BCUT2D eigenvalue weighted by Gasteiger charge is 1.62. The largest absolute Gasteiger partial charge is 0.122 e. The molecule has 0 nitrogen and oxygen atoms in total. The molecule has 0 aliphatic heterocycles. The predicted octanol–water partition coefficient (Wildman–Crippen LogP) is 1.98. The fourth-order valence-corrected chi connectivity index (χ4v) is 0.393. The van der Waals surface area contributed by atoms with Crippen molar-refractivity contribution in [1.29, 1.82) is 0 Å². The highest BCUT2D eigenvalue weighted by atomic mass is 35.5. The van der Waals surface area contributed by atoms with Gasteiger partial charge in [0.05, 0.1) is 0 Å². The smallest absolute Gasteiger partial charge is 0.0404 e. The van der Waals surface area contributed by atoms with E-state index in [4.69, 9.17) is 11.6 Å². The third-order valence-electron chi connectivity index (χ3n) is 0.352. The second kappa shape index (κ2) is 5.38. The first-order chi connectivity index (χ1) is 2.91. The first-order valence-corrected chi connectivity index (χ1v) is 2.82. The van der Waals surface area contributed by atoms with Crippen LogP contribution in [0.25, 0.3) is 0 Å². The minimum Gasteiger partial charge on any atom is -0.122 e. The molecule has 0 saturated heterocycles. The number of allylic oxidation sites excluding steroid dienone is 1. The van der Waals surface area contributed by atoms with E-state index in [2.05, 4.69) is 12.6 Å². The van der Waals surface area contributed by atoms with Gasteiger partial charge in [0, 0.05) is 11.6 Å². The van der Waals surface area contributed by atoms with Gasteiger partial charge in [-0.05, 0) is 0 Å². The Labute approximate surface area is 48.6 Å². The number of alkyl halides is 1. The molecule has 2 heteroatoms. The van der Waals surface area contributed by atoms with E-state index < -0.39 is 0 Å². The van der Waals surface area contributed by atoms with Crippen LogP contribution in [0.3, 0.4) is 0 Å². The van der Waals surface area contributed by atoms with Crippen LogP contribution < -0.4 is 0 Å². The van der Waals surface area contributed by atoms with Gasteiger partial charge in [0.2, 0.25) is 0 Å². The van der Waals surface area contributed by atoms with Crippen molar-refractivity contribution in [1.82, 2.24) is 0 Å². The molecule has 0 aliphatic rings. The van der Waals surface area contributed by atoms with Gasteiger partial charge in [0.1, 0.15) is 0 Å². The lowest BCUT2D eigenvalue weighted by atomic mass is 10.6. The van der Waals surface area contributed by atoms with Crippen LogP contribution in [0.15, 0.2) is 12.2 Å². The molecule has 0 aliphatic carbocycles. The van der Waals surface area contributed by atoms with Crippen molar-refractivity contribution < 1.29 is 0 Å². The van der Waals surface area contributed by atoms with Gasteiger partial charge in [-0.1, -0.05) is 24.8 Å². The van der Waals surface area contributed by atoms with Crippen molar-refractivity contribution in [3.63, 3.8) is 0 Å². The van der Waals surface area contributed by atoms with Crippen molar-refractivity contribution in [2.75, 3.05) is 11.6 Å². The fraction of sp³-hybridized carbons (Fsp3) is 0.500. The molecule has 0 aromatic rings. The number of hydrogen-bond donors (Lipinski definition) is 0. The van der Waals surface area contributed by atoms with Gasteiger partial charge in [-0.2, -0.15) is 0 Å². The van der Waals surface area contributed by atoms with Crippen LogP contribution in [0.4, 0.5) is 0 Å². The second-order valence-electron chi connectivity index (χ2n) is 0.792. The summed E-state index contributed by atoms with van der Waals surface area (Å²) in [5.41, 5.74) is 0. The summed E-state index contributed by atoms with van der Waals surface area (Å²) in [6.45, 7) is 0. The zero-order valence-corrected chi connectivity index (χ0v) is 4.93. The quantitative estimate of drug-likeness (QED) is 0.387. The van der Waals surface area contributed by atoms with E-state index in [1.807, 2.05) is 12.2 Å². The SMILES string of the molecule is [S]C/C=C/CCl. The summed E-state index contributed by atoms with van der Waals surface area (Å²) in [4.78, 5) is 0. The highest BCUT2D eigenvalue weighted by Crippen LogP contribution is 1.79. The van der Waals surface area contributed by atoms with Gasteiger partial charge in [0.25, 0.3) is 0 Å². The molecule has 6 heavy (non-hydrogen) atoms. The van der Waals surface area contributed by atoms with E-state index in [9.17, 15) is 0 Å². The van der Waals surface area contributed by atoms with Crippen molar-refractivity contribution in [3.05, 3.63) is 12.2 Å². The Bertz CT molecular complexity index is 36.8. The van der Waals surface area contributed by atoms with E-state index in [0.717, 1.165) is 0 Å². The fourth-order valence-electron chi connectivity index (χ4n) is 0.131. The number of hydrogen-bond acceptors (Lipinski definition) is 0. The summed E-state index contributed by atoms with van der Waals surface area (Å²) in [7, 11) is 0. The van der Waals surface area contributed by atoms with Gasteiger partial charge >= 0.3 is 0 Å².